The van der Waals surface area contributed by atoms with Crippen LogP contribution in [0.2, 0.25) is 0 Å². The normalized spacial score (nSPS) is 15.6. The zero-order valence-electron chi connectivity index (χ0n) is 17.0. The molecule has 0 aromatic carbocycles. The fourth-order valence-electron chi connectivity index (χ4n) is 2.03. The lowest BCUT2D eigenvalue weighted by Gasteiger charge is -2.19. The highest BCUT2D eigenvalue weighted by Crippen LogP contribution is 2.21. The van der Waals surface area contributed by atoms with Gasteiger partial charge in [0.05, 0.1) is 50.8 Å². The van der Waals surface area contributed by atoms with Gasteiger partial charge in [-0.1, -0.05) is 46.2 Å². The average Bonchev–Trinajstić information content (AvgIpc) is 3.35. The maximum Gasteiger partial charge on any atom is 0.177 e. The Morgan fingerprint density at radius 2 is 1.32 bits per heavy atom. The Kier molecular flexibility index (Phi) is 13.3. The first-order chi connectivity index (χ1) is 14.8. The molecule has 0 aliphatic heterocycles. The zero-order chi connectivity index (χ0) is 22.6. The maximum atomic E-state index is 10.0. The van der Waals surface area contributed by atoms with Crippen LogP contribution in [0.4, 0.5) is 0 Å². The predicted molar refractivity (Wildman–Crippen MR) is 130 cm³/mol. The van der Waals surface area contributed by atoms with Crippen molar-refractivity contribution in [3.63, 3.8) is 0 Å². The number of aromatic amines is 2. The molecule has 0 saturated carbocycles. The third kappa shape index (κ3) is 12.2. The molecule has 0 spiro atoms. The first-order valence-corrected chi connectivity index (χ1v) is 13.8. The summed E-state index contributed by atoms with van der Waals surface area (Å²) in [5.41, 5.74) is 0. The van der Waals surface area contributed by atoms with Gasteiger partial charge in [0.2, 0.25) is 0 Å². The Hall–Kier alpha value is 0.0600. The Morgan fingerprint density at radius 1 is 0.839 bits per heavy atom. The predicted octanol–water partition coefficient (Wildman–Crippen LogP) is 3.15. The van der Waals surface area contributed by atoms with Gasteiger partial charge in [-0.15, -0.1) is 0 Å². The van der Waals surface area contributed by atoms with Crippen molar-refractivity contribution in [2.24, 2.45) is 0 Å². The summed E-state index contributed by atoms with van der Waals surface area (Å²) in [6, 6.07) is 0. The number of nitrogens with zero attached hydrogens (tertiary/aromatic N) is 2. The van der Waals surface area contributed by atoms with Crippen molar-refractivity contribution in [2.45, 2.75) is 46.9 Å². The van der Waals surface area contributed by atoms with Gasteiger partial charge in [0.25, 0.3) is 0 Å². The van der Waals surface area contributed by atoms with Crippen LogP contribution in [0.25, 0.3) is 0 Å². The Bertz CT molecular complexity index is 858. The van der Waals surface area contributed by atoms with E-state index in [-0.39, 0.29) is 25.4 Å². The Morgan fingerprint density at radius 3 is 1.84 bits per heavy atom. The van der Waals surface area contributed by atoms with Crippen molar-refractivity contribution in [3.8, 4) is 0 Å². The molecule has 0 aliphatic carbocycles. The van der Waals surface area contributed by atoms with Gasteiger partial charge in [-0.3, -0.25) is 10.2 Å². The molecular formula is C16H26N4O5S6. The lowest BCUT2D eigenvalue weighted by atomic mass is 10.4. The molecular weight excluding hydrogens is 521 g/mol. The third-order valence-electron chi connectivity index (χ3n) is 3.49. The molecule has 0 fully saturated rings. The summed E-state index contributed by atoms with van der Waals surface area (Å²) in [5, 5.41) is 33.5. The fourth-order valence-corrected chi connectivity index (χ4v) is 6.05. The molecule has 2 aromatic rings. The first kappa shape index (κ1) is 27.3. The maximum absolute atomic E-state index is 10.0. The molecule has 0 amide bonds. The number of aliphatic hydroxyl groups is 2. The van der Waals surface area contributed by atoms with E-state index < -0.39 is 12.2 Å². The van der Waals surface area contributed by atoms with Gasteiger partial charge in [0, 0.05) is 11.5 Å². The van der Waals surface area contributed by atoms with Crippen LogP contribution in [-0.4, -0.2) is 93.0 Å². The topological polar surface area (TPSA) is 126 Å². The summed E-state index contributed by atoms with van der Waals surface area (Å²) in [6.45, 7) is 4.96. The highest BCUT2D eigenvalue weighted by atomic mass is 32.2. The number of hydrogen-bond acceptors (Lipinski definition) is 13. The SMILES string of the molecule is CC(COCC(O)CSc1n[nH]c(=S)s1)OCC(C)OCC(O)CSc1n[nH]c(=S)s1. The van der Waals surface area contributed by atoms with Crippen LogP contribution >= 0.6 is 70.6 Å². The molecule has 0 saturated heterocycles. The van der Waals surface area contributed by atoms with Crippen molar-refractivity contribution in [1.82, 2.24) is 20.4 Å². The van der Waals surface area contributed by atoms with Crippen LogP contribution in [0.3, 0.4) is 0 Å². The van der Waals surface area contributed by atoms with Crippen molar-refractivity contribution >= 4 is 70.6 Å². The first-order valence-electron chi connectivity index (χ1n) is 9.35. The quantitative estimate of drug-likeness (QED) is 0.183. The number of thioether (sulfide) groups is 2. The van der Waals surface area contributed by atoms with Crippen LogP contribution in [0.15, 0.2) is 8.68 Å². The number of aliphatic hydroxyl groups excluding tert-OH is 2. The molecule has 0 bridgehead atoms. The van der Waals surface area contributed by atoms with E-state index in [1.807, 2.05) is 13.8 Å². The van der Waals surface area contributed by atoms with Crippen LogP contribution in [0.5, 0.6) is 0 Å². The van der Waals surface area contributed by atoms with Gasteiger partial charge >= 0.3 is 0 Å². The van der Waals surface area contributed by atoms with E-state index in [0.29, 0.717) is 32.6 Å². The smallest absolute Gasteiger partial charge is 0.177 e. The number of hydrogen-bond donors (Lipinski definition) is 4. The van der Waals surface area contributed by atoms with E-state index in [9.17, 15) is 10.2 Å². The highest BCUT2D eigenvalue weighted by Gasteiger charge is 2.13. The Balaban J connectivity index is 1.48. The average molecular weight is 547 g/mol. The van der Waals surface area contributed by atoms with Gasteiger partial charge in [0.1, 0.15) is 0 Å². The third-order valence-corrected chi connectivity index (χ3v) is 8.24. The van der Waals surface area contributed by atoms with Crippen molar-refractivity contribution in [1.29, 1.82) is 0 Å². The second kappa shape index (κ2) is 15.1. The minimum atomic E-state index is -0.606. The molecule has 0 radical (unpaired) electrons. The van der Waals surface area contributed by atoms with E-state index in [1.165, 1.54) is 46.2 Å². The molecule has 9 nitrogen and oxygen atoms in total. The van der Waals surface area contributed by atoms with E-state index in [1.54, 1.807) is 0 Å². The summed E-state index contributed by atoms with van der Waals surface area (Å²) >= 11 is 15.6. The van der Waals surface area contributed by atoms with Crippen molar-refractivity contribution in [2.75, 3.05) is 37.9 Å². The van der Waals surface area contributed by atoms with Crippen molar-refractivity contribution in [3.05, 3.63) is 7.91 Å². The molecule has 2 rings (SSSR count). The van der Waals surface area contributed by atoms with Crippen LogP contribution < -0.4 is 0 Å². The van der Waals surface area contributed by atoms with Crippen LogP contribution in [0, 0.1) is 7.91 Å². The molecule has 176 valence electrons. The van der Waals surface area contributed by atoms with Gasteiger partial charge in [-0.05, 0) is 38.3 Å². The number of rotatable bonds is 16. The lowest BCUT2D eigenvalue weighted by Crippen LogP contribution is -2.28. The standard InChI is InChI=1S/C16H26N4O5S6/c1-9(3-23-5-11(21)7-28-15-19-17-13(26)30-15)24-4-10(2)25-6-12(22)8-29-16-20-18-14(27)31-16/h9-12,21-22H,3-8H2,1-2H3,(H,17,26)(H,18,27). The number of ether oxygens (including phenoxy) is 3. The number of aromatic nitrogens is 4. The summed E-state index contributed by atoms with van der Waals surface area (Å²) in [5.74, 6) is 0.954. The van der Waals surface area contributed by atoms with E-state index in [2.05, 4.69) is 20.4 Å². The van der Waals surface area contributed by atoms with Gasteiger partial charge in [0.15, 0.2) is 16.6 Å². The van der Waals surface area contributed by atoms with Gasteiger partial charge in [-0.2, -0.15) is 10.2 Å². The molecule has 4 unspecified atom stereocenters. The molecule has 0 aliphatic rings. The summed E-state index contributed by atoms with van der Waals surface area (Å²) < 4.78 is 19.7. The fraction of sp³-hybridized carbons (Fsp3) is 0.750. The second-order valence-corrected chi connectivity index (χ2v) is 12.4. The van der Waals surface area contributed by atoms with Crippen molar-refractivity contribution < 1.29 is 24.4 Å². The van der Waals surface area contributed by atoms with E-state index in [0.717, 1.165) is 8.68 Å². The van der Waals surface area contributed by atoms with Gasteiger partial charge in [-0.25, -0.2) is 0 Å². The monoisotopic (exact) mass is 546 g/mol. The zero-order valence-corrected chi connectivity index (χ0v) is 21.9. The number of nitrogens with one attached hydrogen (secondary N) is 2. The molecule has 15 heteroatoms. The van der Waals surface area contributed by atoms with E-state index >= 15 is 0 Å². The summed E-state index contributed by atoms with van der Waals surface area (Å²) in [4.78, 5) is 0. The Labute approximate surface area is 207 Å². The summed E-state index contributed by atoms with van der Waals surface area (Å²) in [7, 11) is 0. The molecule has 2 heterocycles. The molecule has 31 heavy (non-hydrogen) atoms. The molecule has 4 atom stereocenters. The minimum absolute atomic E-state index is 0.142. The highest BCUT2D eigenvalue weighted by molar-refractivity contribution is 8.01. The molecule has 2 aromatic heterocycles. The van der Waals surface area contributed by atoms with Crippen LogP contribution in [0.1, 0.15) is 13.8 Å². The summed E-state index contributed by atoms with van der Waals surface area (Å²) in [6.07, 6.45) is -1.52. The van der Waals surface area contributed by atoms with Gasteiger partial charge < -0.3 is 24.4 Å². The number of H-pyrrole nitrogens is 2. The van der Waals surface area contributed by atoms with Crippen LogP contribution in [-0.2, 0) is 14.2 Å². The van der Waals surface area contributed by atoms with E-state index in [4.69, 9.17) is 38.6 Å². The minimum Gasteiger partial charge on any atom is -0.390 e. The second-order valence-electron chi connectivity index (χ2n) is 6.51. The lowest BCUT2D eigenvalue weighted by molar-refractivity contribution is -0.0746. The largest absolute Gasteiger partial charge is 0.390 e. The molecule has 4 N–H and O–H groups in total.